The highest BCUT2D eigenvalue weighted by Crippen LogP contribution is 2.30. The molecule has 132 valence electrons. The maximum absolute atomic E-state index is 12.2. The number of hydrogen-bond acceptors (Lipinski definition) is 6. The molecule has 1 heterocycles. The van der Waals surface area contributed by atoms with Crippen molar-refractivity contribution < 1.29 is 18.9 Å². The molecule has 2 aromatic rings. The average molecular weight is 363 g/mol. The summed E-state index contributed by atoms with van der Waals surface area (Å²) in [5.41, 5.74) is 4.93. The number of nitro groups is 1. The van der Waals surface area contributed by atoms with Gasteiger partial charge >= 0.3 is 0 Å². The third-order valence-electron chi connectivity index (χ3n) is 3.41. The summed E-state index contributed by atoms with van der Waals surface area (Å²) < 4.78 is 5.42. The quantitative estimate of drug-likeness (QED) is 0.458. The molecule has 2 N–H and O–H groups in total. The van der Waals surface area contributed by atoms with Crippen LogP contribution >= 0.6 is 11.8 Å². The first-order valence-corrected chi connectivity index (χ1v) is 8.27. The smallest absolute Gasteiger partial charge is 0.283 e. The van der Waals surface area contributed by atoms with E-state index in [4.69, 9.17) is 10.2 Å². The van der Waals surface area contributed by atoms with Crippen LogP contribution in [-0.4, -0.2) is 34.4 Å². The van der Waals surface area contributed by atoms with Crippen molar-refractivity contribution in [3.05, 3.63) is 57.5 Å². The third-order valence-corrected chi connectivity index (χ3v) is 4.45. The van der Waals surface area contributed by atoms with Gasteiger partial charge in [-0.1, -0.05) is 0 Å². The molecule has 1 aromatic heterocycles. The third kappa shape index (κ3) is 4.83. The van der Waals surface area contributed by atoms with E-state index in [2.05, 4.69) is 0 Å². The first-order chi connectivity index (χ1) is 11.8. The molecule has 0 fully saturated rings. The molecular weight excluding hydrogens is 346 g/mol. The molecule has 8 nitrogen and oxygen atoms in total. The Morgan fingerprint density at radius 2 is 2.04 bits per heavy atom. The van der Waals surface area contributed by atoms with Crippen LogP contribution in [0.5, 0.6) is 0 Å². The number of nitrogens with zero attached hydrogens (tertiary/aromatic N) is 2. The topological polar surface area (TPSA) is 120 Å². The van der Waals surface area contributed by atoms with Gasteiger partial charge < -0.3 is 15.1 Å². The maximum atomic E-state index is 12.2. The lowest BCUT2D eigenvalue weighted by atomic mass is 10.2. The fourth-order valence-corrected chi connectivity index (χ4v) is 3.02. The van der Waals surface area contributed by atoms with E-state index < -0.39 is 10.8 Å². The summed E-state index contributed by atoms with van der Waals surface area (Å²) in [7, 11) is 1.63. The zero-order valence-corrected chi connectivity index (χ0v) is 14.5. The SMILES string of the molecule is Cc1ccc(CN(C)C(=O)CSc2ccc(C(N)=O)cc2[N+](=O)[O-])o1. The van der Waals surface area contributed by atoms with Crippen LogP contribution in [0.25, 0.3) is 0 Å². The largest absolute Gasteiger partial charge is 0.464 e. The molecule has 0 aliphatic heterocycles. The Bertz CT molecular complexity index is 818. The Labute approximate surface area is 148 Å². The van der Waals surface area contributed by atoms with E-state index in [-0.39, 0.29) is 22.9 Å². The van der Waals surface area contributed by atoms with Crippen LogP contribution < -0.4 is 5.73 Å². The molecule has 0 unspecified atom stereocenters. The zero-order chi connectivity index (χ0) is 18.6. The van der Waals surface area contributed by atoms with E-state index in [0.29, 0.717) is 17.2 Å². The van der Waals surface area contributed by atoms with Gasteiger partial charge in [-0.2, -0.15) is 0 Å². The average Bonchev–Trinajstić information content (AvgIpc) is 2.96. The highest BCUT2D eigenvalue weighted by atomic mass is 32.2. The van der Waals surface area contributed by atoms with Crippen molar-refractivity contribution in [3.63, 3.8) is 0 Å². The second kappa shape index (κ2) is 7.84. The van der Waals surface area contributed by atoms with Gasteiger partial charge in [-0.3, -0.25) is 19.7 Å². The lowest BCUT2D eigenvalue weighted by Gasteiger charge is -2.15. The number of thioether (sulfide) groups is 1. The Morgan fingerprint density at radius 1 is 1.32 bits per heavy atom. The molecule has 1 aromatic carbocycles. The van der Waals surface area contributed by atoms with Crippen LogP contribution in [0.4, 0.5) is 5.69 Å². The van der Waals surface area contributed by atoms with Gasteiger partial charge in [0.2, 0.25) is 11.8 Å². The molecule has 0 bridgehead atoms. The van der Waals surface area contributed by atoms with E-state index in [1.165, 1.54) is 17.0 Å². The number of carbonyl (C=O) groups is 2. The number of aryl methyl sites for hydroxylation is 1. The first kappa shape index (κ1) is 18.5. The van der Waals surface area contributed by atoms with Gasteiger partial charge in [-0.15, -0.1) is 11.8 Å². The molecule has 2 amide bonds. The van der Waals surface area contributed by atoms with E-state index in [0.717, 1.165) is 23.6 Å². The minimum Gasteiger partial charge on any atom is -0.464 e. The summed E-state index contributed by atoms with van der Waals surface area (Å²) in [6.45, 7) is 2.13. The monoisotopic (exact) mass is 363 g/mol. The number of furan rings is 1. The molecule has 0 aliphatic carbocycles. The number of primary amides is 1. The molecular formula is C16H17N3O5S. The number of hydrogen-bond donors (Lipinski definition) is 1. The standard InChI is InChI=1S/C16H17N3O5S/c1-10-3-5-12(24-10)8-18(2)15(20)9-25-14-6-4-11(16(17)21)7-13(14)19(22)23/h3-7H,8-9H2,1-2H3,(H2,17,21). The summed E-state index contributed by atoms with van der Waals surface area (Å²) >= 11 is 1.03. The molecule has 0 atom stereocenters. The fourth-order valence-electron chi connectivity index (χ4n) is 2.08. The highest BCUT2D eigenvalue weighted by molar-refractivity contribution is 8.00. The number of nitrogens with two attached hydrogens (primary N) is 1. The molecule has 0 spiro atoms. The van der Waals surface area contributed by atoms with Crippen LogP contribution in [0.3, 0.4) is 0 Å². The molecule has 2 rings (SSSR count). The molecule has 0 saturated carbocycles. The van der Waals surface area contributed by atoms with Crippen LogP contribution in [0, 0.1) is 17.0 Å². The second-order valence-electron chi connectivity index (χ2n) is 5.35. The Balaban J connectivity index is 2.03. The summed E-state index contributed by atoms with van der Waals surface area (Å²) in [5, 5.41) is 11.2. The van der Waals surface area contributed by atoms with Crippen molar-refractivity contribution in [1.29, 1.82) is 0 Å². The minimum atomic E-state index is -0.746. The normalized spacial score (nSPS) is 10.5. The summed E-state index contributed by atoms with van der Waals surface area (Å²) in [5.74, 6) is 0.495. The maximum Gasteiger partial charge on any atom is 0.283 e. The van der Waals surface area contributed by atoms with Gasteiger partial charge in [-0.25, -0.2) is 0 Å². The summed E-state index contributed by atoms with van der Waals surface area (Å²) in [4.78, 5) is 35.7. The predicted octanol–water partition coefficient (Wildman–Crippen LogP) is 2.35. The minimum absolute atomic E-state index is 0.0208. The molecule has 0 saturated heterocycles. The number of nitro benzene ring substituents is 1. The predicted molar refractivity (Wildman–Crippen MR) is 92.3 cm³/mol. The van der Waals surface area contributed by atoms with Gasteiger partial charge in [0.15, 0.2) is 0 Å². The van der Waals surface area contributed by atoms with Gasteiger partial charge in [0.05, 0.1) is 22.1 Å². The second-order valence-corrected chi connectivity index (χ2v) is 6.37. The van der Waals surface area contributed by atoms with E-state index >= 15 is 0 Å². The summed E-state index contributed by atoms with van der Waals surface area (Å²) in [6.07, 6.45) is 0. The van der Waals surface area contributed by atoms with Gasteiger partial charge in [-0.05, 0) is 31.2 Å². The van der Waals surface area contributed by atoms with Crippen molar-refractivity contribution in [3.8, 4) is 0 Å². The first-order valence-electron chi connectivity index (χ1n) is 7.28. The molecule has 0 radical (unpaired) electrons. The van der Waals surface area contributed by atoms with Crippen molar-refractivity contribution >= 4 is 29.3 Å². The number of rotatable bonds is 7. The lowest BCUT2D eigenvalue weighted by molar-refractivity contribution is -0.387. The van der Waals surface area contributed by atoms with E-state index in [1.54, 1.807) is 13.1 Å². The highest BCUT2D eigenvalue weighted by Gasteiger charge is 2.19. The van der Waals surface area contributed by atoms with Crippen LogP contribution in [0.1, 0.15) is 21.9 Å². The van der Waals surface area contributed by atoms with Gasteiger partial charge in [0.25, 0.3) is 5.69 Å². The zero-order valence-electron chi connectivity index (χ0n) is 13.7. The number of carbonyl (C=O) groups excluding carboxylic acids is 2. The Hall–Kier alpha value is -2.81. The molecule has 9 heteroatoms. The Kier molecular flexibility index (Phi) is 5.81. The van der Waals surface area contributed by atoms with Crippen molar-refractivity contribution in [1.82, 2.24) is 4.90 Å². The lowest BCUT2D eigenvalue weighted by Crippen LogP contribution is -2.27. The summed E-state index contributed by atoms with van der Waals surface area (Å²) in [6, 6.07) is 7.54. The molecule has 0 aliphatic rings. The van der Waals surface area contributed by atoms with E-state index in [9.17, 15) is 19.7 Å². The van der Waals surface area contributed by atoms with E-state index in [1.807, 2.05) is 13.0 Å². The fraction of sp³-hybridized carbons (Fsp3) is 0.250. The van der Waals surface area contributed by atoms with Crippen LogP contribution in [0.2, 0.25) is 0 Å². The number of benzene rings is 1. The van der Waals surface area contributed by atoms with Gasteiger partial charge in [0, 0.05) is 18.7 Å². The van der Waals surface area contributed by atoms with Crippen LogP contribution in [0.15, 0.2) is 39.6 Å². The van der Waals surface area contributed by atoms with Crippen molar-refractivity contribution in [2.45, 2.75) is 18.4 Å². The Morgan fingerprint density at radius 3 is 2.60 bits per heavy atom. The van der Waals surface area contributed by atoms with Crippen molar-refractivity contribution in [2.24, 2.45) is 5.73 Å². The van der Waals surface area contributed by atoms with Crippen LogP contribution in [-0.2, 0) is 11.3 Å². The molecule has 25 heavy (non-hydrogen) atoms. The van der Waals surface area contributed by atoms with Crippen molar-refractivity contribution in [2.75, 3.05) is 12.8 Å². The van der Waals surface area contributed by atoms with Gasteiger partial charge in [0.1, 0.15) is 11.5 Å². The number of amides is 2.